The minimum atomic E-state index is 0. The van der Waals surface area contributed by atoms with E-state index in [1.165, 1.54) is 11.8 Å². The van der Waals surface area contributed by atoms with Crippen molar-refractivity contribution in [1.29, 1.82) is 0 Å². The highest BCUT2D eigenvalue weighted by Gasteiger charge is 2.83. The SMILES string of the molecule is Cl.NCC12C3[C@H]4CC[C@@H]1[C@H]4[C@@H]1[C@H]3CC[C@@H]12. The highest BCUT2D eigenvalue weighted by Crippen LogP contribution is 2.87. The van der Waals surface area contributed by atoms with E-state index in [9.17, 15) is 0 Å². The second-order valence-electron chi connectivity index (χ2n) is 6.69. The van der Waals surface area contributed by atoms with E-state index in [1.807, 2.05) is 0 Å². The molecule has 6 fully saturated rings. The van der Waals surface area contributed by atoms with Gasteiger partial charge in [0.1, 0.15) is 0 Å². The molecule has 6 rings (SSSR count). The van der Waals surface area contributed by atoms with Gasteiger partial charge in [-0.25, -0.2) is 0 Å². The van der Waals surface area contributed by atoms with Crippen LogP contribution >= 0.6 is 12.4 Å². The van der Waals surface area contributed by atoms with Gasteiger partial charge in [-0.15, -0.1) is 12.4 Å². The fraction of sp³-hybridized carbons (Fsp3) is 1.00. The van der Waals surface area contributed by atoms with Crippen LogP contribution in [0, 0.1) is 46.8 Å². The van der Waals surface area contributed by atoms with Crippen LogP contribution in [0.15, 0.2) is 0 Å². The van der Waals surface area contributed by atoms with Crippen molar-refractivity contribution in [2.45, 2.75) is 25.7 Å². The average molecular weight is 226 g/mol. The summed E-state index contributed by atoms with van der Waals surface area (Å²) in [4.78, 5) is 0. The van der Waals surface area contributed by atoms with Crippen molar-refractivity contribution in [3.05, 3.63) is 0 Å². The van der Waals surface area contributed by atoms with E-state index in [4.69, 9.17) is 5.73 Å². The van der Waals surface area contributed by atoms with Crippen LogP contribution in [0.4, 0.5) is 0 Å². The molecule has 6 saturated carbocycles. The number of nitrogens with two attached hydrogens (primary N) is 1. The summed E-state index contributed by atoms with van der Waals surface area (Å²) in [6.45, 7) is 1.03. The highest BCUT2D eigenvalue weighted by atomic mass is 35.5. The third-order valence-electron chi connectivity index (χ3n) is 7.26. The van der Waals surface area contributed by atoms with E-state index in [-0.39, 0.29) is 12.4 Å². The second-order valence-corrected chi connectivity index (χ2v) is 6.69. The zero-order valence-corrected chi connectivity index (χ0v) is 9.88. The van der Waals surface area contributed by atoms with E-state index in [2.05, 4.69) is 0 Å². The van der Waals surface area contributed by atoms with Gasteiger partial charge in [-0.1, -0.05) is 0 Å². The summed E-state index contributed by atoms with van der Waals surface area (Å²) in [6, 6.07) is 0. The Balaban J connectivity index is 0.000000648. The largest absolute Gasteiger partial charge is 0.330 e. The molecule has 0 spiro atoms. The van der Waals surface area contributed by atoms with E-state index in [0.717, 1.165) is 36.1 Å². The monoisotopic (exact) mass is 225 g/mol. The predicted molar refractivity (Wildman–Crippen MR) is 61.6 cm³/mol. The summed E-state index contributed by atoms with van der Waals surface area (Å²) >= 11 is 0. The van der Waals surface area contributed by atoms with Gasteiger partial charge in [-0.05, 0) is 79.1 Å². The van der Waals surface area contributed by atoms with Gasteiger partial charge in [-0.2, -0.15) is 0 Å². The Morgan fingerprint density at radius 3 is 1.87 bits per heavy atom. The van der Waals surface area contributed by atoms with E-state index < -0.39 is 0 Å². The van der Waals surface area contributed by atoms with Crippen LogP contribution in [0.3, 0.4) is 0 Å². The molecule has 0 saturated heterocycles. The third kappa shape index (κ3) is 0.609. The summed E-state index contributed by atoms with van der Waals surface area (Å²) in [5, 5.41) is 0. The average Bonchev–Trinajstić information content (AvgIpc) is 2.96. The fourth-order valence-corrected chi connectivity index (χ4v) is 7.63. The van der Waals surface area contributed by atoms with Crippen LogP contribution < -0.4 is 5.73 Å². The molecule has 2 N–H and O–H groups in total. The zero-order valence-electron chi connectivity index (χ0n) is 9.06. The summed E-state index contributed by atoms with van der Waals surface area (Å²) in [5.41, 5.74) is 6.89. The third-order valence-corrected chi connectivity index (χ3v) is 7.26. The molecule has 0 aromatic carbocycles. The minimum absolute atomic E-state index is 0. The summed E-state index contributed by atoms with van der Waals surface area (Å²) in [5.74, 6) is 7.93. The number of halogens is 1. The molecule has 8 atom stereocenters. The molecular weight excluding hydrogens is 206 g/mol. The lowest BCUT2D eigenvalue weighted by Crippen LogP contribution is -2.46. The molecule has 0 aromatic rings. The molecular formula is C13H20ClN. The van der Waals surface area contributed by atoms with Crippen molar-refractivity contribution in [2.75, 3.05) is 6.54 Å². The molecule has 6 aliphatic carbocycles. The predicted octanol–water partition coefficient (Wildman–Crippen LogP) is 2.30. The van der Waals surface area contributed by atoms with Crippen LogP contribution in [0.5, 0.6) is 0 Å². The first kappa shape index (κ1) is 9.30. The smallest absolute Gasteiger partial charge is 0.00121 e. The van der Waals surface area contributed by atoms with Crippen molar-refractivity contribution >= 4 is 12.4 Å². The van der Waals surface area contributed by atoms with Crippen molar-refractivity contribution in [1.82, 2.24) is 0 Å². The molecule has 6 aliphatic rings. The quantitative estimate of drug-likeness (QED) is 0.728. The maximum Gasteiger partial charge on any atom is -0.00121 e. The van der Waals surface area contributed by atoms with Crippen molar-refractivity contribution in [3.63, 3.8) is 0 Å². The number of hydrogen-bond donors (Lipinski definition) is 1. The van der Waals surface area contributed by atoms with Gasteiger partial charge in [0, 0.05) is 0 Å². The molecule has 15 heavy (non-hydrogen) atoms. The highest BCUT2D eigenvalue weighted by molar-refractivity contribution is 5.85. The number of hydrogen-bond acceptors (Lipinski definition) is 1. The fourth-order valence-electron chi connectivity index (χ4n) is 7.63. The Labute approximate surface area is 97.6 Å². The number of rotatable bonds is 1. The van der Waals surface area contributed by atoms with Gasteiger partial charge >= 0.3 is 0 Å². The zero-order chi connectivity index (χ0) is 9.08. The van der Waals surface area contributed by atoms with E-state index in [0.29, 0.717) is 5.41 Å². The summed E-state index contributed by atoms with van der Waals surface area (Å²) < 4.78 is 0. The van der Waals surface area contributed by atoms with Gasteiger partial charge in [0.15, 0.2) is 0 Å². The van der Waals surface area contributed by atoms with Gasteiger partial charge in [0.2, 0.25) is 0 Å². The minimum Gasteiger partial charge on any atom is -0.330 e. The summed E-state index contributed by atoms with van der Waals surface area (Å²) in [7, 11) is 0. The molecule has 1 nitrogen and oxygen atoms in total. The van der Waals surface area contributed by atoms with Crippen LogP contribution in [0.1, 0.15) is 25.7 Å². The van der Waals surface area contributed by atoms with Crippen molar-refractivity contribution < 1.29 is 0 Å². The lowest BCUT2D eigenvalue weighted by molar-refractivity contribution is 0.0302. The Morgan fingerprint density at radius 2 is 1.47 bits per heavy atom. The maximum absolute atomic E-state index is 6.20. The first-order valence-electron chi connectivity index (χ1n) is 6.59. The van der Waals surface area contributed by atoms with Crippen molar-refractivity contribution in [2.24, 2.45) is 52.6 Å². The van der Waals surface area contributed by atoms with E-state index >= 15 is 0 Å². The summed E-state index contributed by atoms with van der Waals surface area (Å²) in [6.07, 6.45) is 6.23. The maximum atomic E-state index is 6.20. The first-order valence-corrected chi connectivity index (χ1v) is 6.59. The lowest BCUT2D eigenvalue weighted by Gasteiger charge is -2.46. The molecule has 0 heterocycles. The molecule has 8 bridgehead atoms. The lowest BCUT2D eigenvalue weighted by atomic mass is 9.59. The van der Waals surface area contributed by atoms with Gasteiger partial charge in [-0.3, -0.25) is 0 Å². The molecule has 2 heteroatoms. The van der Waals surface area contributed by atoms with Crippen LogP contribution in [-0.2, 0) is 0 Å². The van der Waals surface area contributed by atoms with E-state index in [1.54, 1.807) is 25.7 Å². The molecule has 0 aliphatic heterocycles. The van der Waals surface area contributed by atoms with Gasteiger partial charge in [0.25, 0.3) is 0 Å². The Morgan fingerprint density at radius 1 is 0.933 bits per heavy atom. The first-order chi connectivity index (χ1) is 6.89. The Bertz CT molecular complexity index is 298. The van der Waals surface area contributed by atoms with Crippen molar-refractivity contribution in [3.8, 4) is 0 Å². The van der Waals surface area contributed by atoms with Crippen LogP contribution in [-0.4, -0.2) is 6.54 Å². The van der Waals surface area contributed by atoms with Crippen LogP contribution in [0.2, 0.25) is 0 Å². The Kier molecular flexibility index (Phi) is 1.49. The second kappa shape index (κ2) is 2.41. The molecule has 84 valence electrons. The molecule has 2 unspecified atom stereocenters. The molecule has 0 amide bonds. The molecule has 0 radical (unpaired) electrons. The standard InChI is InChI=1S/C13H19N.ClH/c14-5-13-8-3-1-6-10(8)11-7(12(6)13)2-4-9(11)13;/h6-12H,1-5,14H2;1H/t6-,7+,8+,9-,10-,11+,12?,13?;. The normalized spacial score (nSPS) is 70.6. The van der Waals surface area contributed by atoms with Crippen LogP contribution in [0.25, 0.3) is 0 Å². The van der Waals surface area contributed by atoms with Gasteiger partial charge < -0.3 is 5.73 Å². The topological polar surface area (TPSA) is 26.0 Å². The van der Waals surface area contributed by atoms with Gasteiger partial charge in [0.05, 0.1) is 0 Å². The Hall–Kier alpha value is 0.250. The molecule has 0 aromatic heterocycles.